The largest absolute Gasteiger partial charge is 0.466 e. The van der Waals surface area contributed by atoms with Crippen molar-refractivity contribution in [2.45, 2.75) is 33.6 Å². The first kappa shape index (κ1) is 19.0. The SMILES string of the molecule is CCOC(=O)CCCN(CC)c1cc(C)c(C=O)cc1N(C)C. The minimum absolute atomic E-state index is 0.149. The third-order valence-electron chi connectivity index (χ3n) is 3.81. The van der Waals surface area contributed by atoms with Crippen molar-refractivity contribution < 1.29 is 14.3 Å². The summed E-state index contributed by atoms with van der Waals surface area (Å²) in [6, 6.07) is 3.97. The van der Waals surface area contributed by atoms with Gasteiger partial charge in [-0.15, -0.1) is 0 Å². The summed E-state index contributed by atoms with van der Waals surface area (Å²) in [5, 5.41) is 0. The summed E-state index contributed by atoms with van der Waals surface area (Å²) in [5.41, 5.74) is 3.77. The molecule has 5 heteroatoms. The molecule has 23 heavy (non-hydrogen) atoms. The molecular weight excluding hydrogens is 292 g/mol. The molecule has 5 nitrogen and oxygen atoms in total. The summed E-state index contributed by atoms with van der Waals surface area (Å²) in [6.45, 7) is 7.88. The molecule has 1 aromatic rings. The molecule has 1 rings (SSSR count). The Morgan fingerprint density at radius 1 is 1.22 bits per heavy atom. The third kappa shape index (κ3) is 5.27. The van der Waals surface area contributed by atoms with Crippen LogP contribution in [0.2, 0.25) is 0 Å². The fourth-order valence-electron chi connectivity index (χ4n) is 2.53. The maximum Gasteiger partial charge on any atom is 0.305 e. The van der Waals surface area contributed by atoms with Crippen LogP contribution in [0.5, 0.6) is 0 Å². The Morgan fingerprint density at radius 2 is 1.91 bits per heavy atom. The van der Waals surface area contributed by atoms with Crippen LogP contribution >= 0.6 is 0 Å². The van der Waals surface area contributed by atoms with Gasteiger partial charge in [-0.2, -0.15) is 0 Å². The first-order valence-corrected chi connectivity index (χ1v) is 8.12. The number of rotatable bonds is 9. The molecule has 0 aromatic heterocycles. The quantitative estimate of drug-likeness (QED) is 0.517. The van der Waals surface area contributed by atoms with Crippen LogP contribution < -0.4 is 9.80 Å². The standard InChI is InChI=1S/C18H28N2O3/c1-6-20(10-8-9-18(22)23-7-2)17-11-14(3)15(13-21)12-16(17)19(4)5/h11-13H,6-10H2,1-5H3. The Kier molecular flexibility index (Phi) is 7.59. The van der Waals surface area contributed by atoms with Crippen LogP contribution in [-0.4, -0.2) is 46.0 Å². The highest BCUT2D eigenvalue weighted by molar-refractivity contribution is 5.84. The van der Waals surface area contributed by atoms with Crippen LogP contribution in [-0.2, 0) is 9.53 Å². The van der Waals surface area contributed by atoms with E-state index in [-0.39, 0.29) is 5.97 Å². The van der Waals surface area contributed by atoms with E-state index in [1.807, 2.05) is 45.0 Å². The van der Waals surface area contributed by atoms with E-state index in [0.29, 0.717) is 18.6 Å². The molecule has 0 N–H and O–H groups in total. The summed E-state index contributed by atoms with van der Waals surface area (Å²) < 4.78 is 4.97. The number of anilines is 2. The van der Waals surface area contributed by atoms with Gasteiger partial charge in [-0.1, -0.05) is 0 Å². The van der Waals surface area contributed by atoms with Crippen LogP contribution in [0, 0.1) is 6.92 Å². The summed E-state index contributed by atoms with van der Waals surface area (Å²) in [6.07, 6.45) is 2.06. The second-order valence-electron chi connectivity index (χ2n) is 5.70. The molecule has 0 radical (unpaired) electrons. The maximum atomic E-state index is 11.5. The van der Waals surface area contributed by atoms with Crippen molar-refractivity contribution in [1.82, 2.24) is 0 Å². The Labute approximate surface area is 139 Å². The molecule has 0 saturated carbocycles. The van der Waals surface area contributed by atoms with Gasteiger partial charge in [0.15, 0.2) is 0 Å². The predicted octanol–water partition coefficient (Wildman–Crippen LogP) is 3.04. The first-order chi connectivity index (χ1) is 10.9. The smallest absolute Gasteiger partial charge is 0.305 e. The average molecular weight is 320 g/mol. The normalized spacial score (nSPS) is 10.3. The van der Waals surface area contributed by atoms with Gasteiger partial charge in [0.2, 0.25) is 0 Å². The Bertz CT molecular complexity index is 541. The summed E-state index contributed by atoms with van der Waals surface area (Å²) in [5.74, 6) is -0.149. The first-order valence-electron chi connectivity index (χ1n) is 8.12. The van der Waals surface area contributed by atoms with E-state index in [4.69, 9.17) is 4.74 Å². The lowest BCUT2D eigenvalue weighted by molar-refractivity contribution is -0.143. The Hall–Kier alpha value is -2.04. The molecular formula is C18H28N2O3. The molecule has 0 bridgehead atoms. The Morgan fingerprint density at radius 3 is 2.43 bits per heavy atom. The number of nitrogens with zero attached hydrogens (tertiary/aromatic N) is 2. The van der Waals surface area contributed by atoms with Crippen LogP contribution in [0.1, 0.15) is 42.6 Å². The van der Waals surface area contributed by atoms with Gasteiger partial charge in [-0.3, -0.25) is 9.59 Å². The topological polar surface area (TPSA) is 49.9 Å². The second kappa shape index (κ2) is 9.18. The summed E-state index contributed by atoms with van der Waals surface area (Å²) in [4.78, 5) is 26.9. The lowest BCUT2D eigenvalue weighted by Gasteiger charge is -2.29. The fraction of sp³-hybridized carbons (Fsp3) is 0.556. The number of aryl methyl sites for hydroxylation is 1. The zero-order valence-corrected chi connectivity index (χ0v) is 14.9. The summed E-state index contributed by atoms with van der Waals surface area (Å²) >= 11 is 0. The molecule has 0 amide bonds. The van der Waals surface area contributed by atoms with E-state index in [2.05, 4.69) is 11.8 Å². The highest BCUT2D eigenvalue weighted by Crippen LogP contribution is 2.31. The maximum absolute atomic E-state index is 11.5. The molecule has 1 aromatic carbocycles. The van der Waals surface area contributed by atoms with Gasteiger partial charge in [-0.25, -0.2) is 0 Å². The van der Waals surface area contributed by atoms with Crippen molar-refractivity contribution in [2.75, 3.05) is 43.6 Å². The molecule has 0 fully saturated rings. The number of esters is 1. The molecule has 128 valence electrons. The van der Waals surface area contributed by atoms with Gasteiger partial charge in [-0.05, 0) is 44.9 Å². The lowest BCUT2D eigenvalue weighted by atomic mass is 10.1. The van der Waals surface area contributed by atoms with Crippen molar-refractivity contribution in [2.24, 2.45) is 0 Å². The van der Waals surface area contributed by atoms with E-state index in [9.17, 15) is 9.59 Å². The molecule has 0 aliphatic heterocycles. The van der Waals surface area contributed by atoms with Gasteiger partial charge in [0.05, 0.1) is 18.0 Å². The molecule has 0 aliphatic carbocycles. The number of ether oxygens (including phenoxy) is 1. The lowest BCUT2D eigenvalue weighted by Crippen LogP contribution is -2.27. The minimum Gasteiger partial charge on any atom is -0.466 e. The highest BCUT2D eigenvalue weighted by atomic mass is 16.5. The van der Waals surface area contributed by atoms with Crippen LogP contribution in [0.15, 0.2) is 12.1 Å². The van der Waals surface area contributed by atoms with Crippen molar-refractivity contribution in [1.29, 1.82) is 0 Å². The highest BCUT2D eigenvalue weighted by Gasteiger charge is 2.15. The second-order valence-corrected chi connectivity index (χ2v) is 5.70. The van der Waals surface area contributed by atoms with Crippen molar-refractivity contribution >= 4 is 23.6 Å². The van der Waals surface area contributed by atoms with Crippen molar-refractivity contribution in [3.05, 3.63) is 23.3 Å². The monoisotopic (exact) mass is 320 g/mol. The predicted molar refractivity (Wildman–Crippen MR) is 94.6 cm³/mol. The minimum atomic E-state index is -0.149. The van der Waals surface area contributed by atoms with E-state index >= 15 is 0 Å². The van der Waals surface area contributed by atoms with Crippen molar-refractivity contribution in [3.8, 4) is 0 Å². The van der Waals surface area contributed by atoms with Crippen molar-refractivity contribution in [3.63, 3.8) is 0 Å². The molecule has 0 atom stereocenters. The van der Waals surface area contributed by atoms with E-state index in [1.54, 1.807) is 0 Å². The third-order valence-corrected chi connectivity index (χ3v) is 3.81. The summed E-state index contributed by atoms with van der Waals surface area (Å²) in [7, 11) is 3.93. The van der Waals surface area contributed by atoms with Gasteiger partial charge in [0.1, 0.15) is 6.29 Å². The molecule has 0 heterocycles. The molecule has 0 unspecified atom stereocenters. The number of carbonyl (C=O) groups excluding carboxylic acids is 2. The van der Waals surface area contributed by atoms with Gasteiger partial charge in [0.25, 0.3) is 0 Å². The van der Waals surface area contributed by atoms with E-state index in [0.717, 1.165) is 42.7 Å². The van der Waals surface area contributed by atoms with Gasteiger partial charge < -0.3 is 14.5 Å². The van der Waals surface area contributed by atoms with Crippen LogP contribution in [0.25, 0.3) is 0 Å². The zero-order valence-electron chi connectivity index (χ0n) is 14.9. The van der Waals surface area contributed by atoms with E-state index in [1.165, 1.54) is 0 Å². The van der Waals surface area contributed by atoms with Gasteiger partial charge >= 0.3 is 5.97 Å². The Balaban J connectivity index is 2.94. The number of hydrogen-bond acceptors (Lipinski definition) is 5. The number of benzene rings is 1. The van der Waals surface area contributed by atoms with Crippen LogP contribution in [0.3, 0.4) is 0 Å². The number of hydrogen-bond donors (Lipinski definition) is 0. The molecule has 0 saturated heterocycles. The zero-order chi connectivity index (χ0) is 17.4. The molecule has 0 aliphatic rings. The fourth-order valence-corrected chi connectivity index (χ4v) is 2.53. The number of carbonyl (C=O) groups is 2. The van der Waals surface area contributed by atoms with Gasteiger partial charge in [0, 0.05) is 39.2 Å². The molecule has 0 spiro atoms. The average Bonchev–Trinajstić information content (AvgIpc) is 2.51. The number of aldehydes is 1. The van der Waals surface area contributed by atoms with Crippen LogP contribution in [0.4, 0.5) is 11.4 Å². The van der Waals surface area contributed by atoms with E-state index < -0.39 is 0 Å².